The number of carbonyl (C=O) groups excluding carboxylic acids is 3. The van der Waals surface area contributed by atoms with Gasteiger partial charge in [0.2, 0.25) is 11.8 Å². The molecule has 0 spiro atoms. The quantitative estimate of drug-likeness (QED) is 0.256. The largest absolute Gasteiger partial charge is 0.395 e. The van der Waals surface area contributed by atoms with E-state index < -0.39 is 17.4 Å². The molecule has 3 amide bonds. The van der Waals surface area contributed by atoms with Gasteiger partial charge in [0, 0.05) is 54.7 Å². The van der Waals surface area contributed by atoms with Crippen LogP contribution in [0.5, 0.6) is 0 Å². The number of hydrogen-bond acceptors (Lipinski definition) is 5. The van der Waals surface area contributed by atoms with Crippen LogP contribution < -0.4 is 9.80 Å². The summed E-state index contributed by atoms with van der Waals surface area (Å²) in [5.74, 6) is -1.27. The zero-order valence-electron chi connectivity index (χ0n) is 23.4. The predicted octanol–water partition coefficient (Wildman–Crippen LogP) is 4.41. The van der Waals surface area contributed by atoms with Crippen molar-refractivity contribution < 1.29 is 24.6 Å². The average Bonchev–Trinajstić information content (AvgIpc) is 3.18. The molecule has 3 aromatic carbocycles. The minimum Gasteiger partial charge on any atom is -0.395 e. The molecule has 5 rings (SSSR count). The van der Waals surface area contributed by atoms with Gasteiger partial charge in [0.25, 0.3) is 5.91 Å². The van der Waals surface area contributed by atoms with Gasteiger partial charge in [0.15, 0.2) is 5.60 Å². The summed E-state index contributed by atoms with van der Waals surface area (Å²) >= 11 is 6.31. The highest BCUT2D eigenvalue weighted by atomic mass is 35.5. The first-order valence-electron chi connectivity index (χ1n) is 14.0. The summed E-state index contributed by atoms with van der Waals surface area (Å²) in [7, 11) is 0. The average molecular weight is 588 g/mol. The molecule has 1 saturated heterocycles. The highest BCUT2D eigenvalue weighted by molar-refractivity contribution is 6.31. The van der Waals surface area contributed by atoms with Crippen molar-refractivity contribution in [1.29, 1.82) is 0 Å². The number of rotatable bonds is 11. The van der Waals surface area contributed by atoms with E-state index in [1.54, 1.807) is 52.0 Å². The summed E-state index contributed by atoms with van der Waals surface area (Å²) in [6.45, 7) is 3.03. The molecule has 8 nitrogen and oxygen atoms in total. The molecule has 2 N–H and O–H groups in total. The normalized spacial score (nSPS) is 18.8. The zero-order chi connectivity index (χ0) is 29.9. The molecule has 2 atom stereocenters. The molecule has 218 valence electrons. The van der Waals surface area contributed by atoms with Gasteiger partial charge in [-0.2, -0.15) is 0 Å². The van der Waals surface area contributed by atoms with Gasteiger partial charge in [0.05, 0.1) is 18.8 Å². The molecule has 2 aliphatic rings. The van der Waals surface area contributed by atoms with Crippen LogP contribution in [0, 0.1) is 5.92 Å². The maximum absolute atomic E-state index is 13.9. The summed E-state index contributed by atoms with van der Waals surface area (Å²) in [6, 6.07) is 22.1. The van der Waals surface area contributed by atoms with E-state index >= 15 is 0 Å². The minimum atomic E-state index is -1.89. The van der Waals surface area contributed by atoms with Gasteiger partial charge in [-0.05, 0) is 41.5 Å². The Morgan fingerprint density at radius 1 is 1.07 bits per heavy atom. The third-order valence-electron chi connectivity index (χ3n) is 7.96. The number of nitrogens with zero attached hydrogens (tertiary/aromatic N) is 3. The smallest absolute Gasteiger partial charge is 0.264 e. The molecule has 0 aromatic heterocycles. The number of β-lactam (4-membered cyclic amide) rings is 1. The van der Waals surface area contributed by atoms with Crippen LogP contribution in [0.1, 0.15) is 36.5 Å². The molecule has 3 aromatic rings. The number of amides is 3. The van der Waals surface area contributed by atoms with E-state index in [2.05, 4.69) is 0 Å². The number of aliphatic hydroxyl groups excluding tert-OH is 1. The molecule has 9 heteroatoms. The number of fused-ring (bicyclic) bond motifs is 1. The lowest BCUT2D eigenvalue weighted by atomic mass is 9.83. The van der Waals surface area contributed by atoms with Crippen LogP contribution in [0.4, 0.5) is 11.4 Å². The summed E-state index contributed by atoms with van der Waals surface area (Å²) in [5, 5.41) is 21.8. The lowest BCUT2D eigenvalue weighted by molar-refractivity contribution is -0.139. The van der Waals surface area contributed by atoms with E-state index in [1.165, 1.54) is 0 Å². The van der Waals surface area contributed by atoms with Gasteiger partial charge in [-0.25, -0.2) is 0 Å². The van der Waals surface area contributed by atoms with E-state index in [4.69, 9.17) is 11.6 Å². The molecule has 0 aliphatic carbocycles. The van der Waals surface area contributed by atoms with Gasteiger partial charge in [-0.3, -0.25) is 14.4 Å². The van der Waals surface area contributed by atoms with Crippen LogP contribution in [0.2, 0.25) is 5.02 Å². The Labute approximate surface area is 250 Å². The number of halogens is 1. The summed E-state index contributed by atoms with van der Waals surface area (Å²) in [6.07, 6.45) is 3.92. The number of anilines is 2. The van der Waals surface area contributed by atoms with E-state index in [0.717, 1.165) is 16.8 Å². The first-order valence-corrected chi connectivity index (χ1v) is 14.4. The third kappa shape index (κ3) is 5.83. The van der Waals surface area contributed by atoms with Crippen molar-refractivity contribution >= 4 is 40.7 Å². The van der Waals surface area contributed by atoms with Crippen LogP contribution >= 0.6 is 11.6 Å². The van der Waals surface area contributed by atoms with Crippen molar-refractivity contribution in [2.24, 2.45) is 5.92 Å². The molecule has 0 saturated carbocycles. The third-order valence-corrected chi connectivity index (χ3v) is 8.19. The number of hydrogen-bond donors (Lipinski definition) is 2. The predicted molar refractivity (Wildman–Crippen MR) is 162 cm³/mol. The summed E-state index contributed by atoms with van der Waals surface area (Å²) < 4.78 is 0. The maximum atomic E-state index is 13.9. The monoisotopic (exact) mass is 587 g/mol. The Hall–Kier alpha value is -3.98. The molecule has 0 bridgehead atoms. The second-order valence-corrected chi connectivity index (χ2v) is 11.2. The number of aliphatic hydroxyl groups is 2. The van der Waals surface area contributed by atoms with E-state index in [-0.39, 0.29) is 37.9 Å². The van der Waals surface area contributed by atoms with Crippen molar-refractivity contribution in [1.82, 2.24) is 4.90 Å². The second-order valence-electron chi connectivity index (χ2n) is 10.7. The van der Waals surface area contributed by atoms with Crippen LogP contribution in [0.15, 0.2) is 84.9 Å². The van der Waals surface area contributed by atoms with Crippen molar-refractivity contribution in [3.05, 3.63) is 107 Å². The first kappa shape index (κ1) is 29.5. The zero-order valence-corrected chi connectivity index (χ0v) is 24.2. The van der Waals surface area contributed by atoms with Crippen molar-refractivity contribution in [3.8, 4) is 0 Å². The molecular formula is C33H34ClN3O5. The van der Waals surface area contributed by atoms with Crippen molar-refractivity contribution in [2.75, 3.05) is 29.5 Å². The summed E-state index contributed by atoms with van der Waals surface area (Å²) in [4.78, 5) is 43.7. The maximum Gasteiger partial charge on any atom is 0.264 e. The van der Waals surface area contributed by atoms with E-state index in [9.17, 15) is 24.6 Å². The molecule has 0 unspecified atom stereocenters. The van der Waals surface area contributed by atoms with Gasteiger partial charge >= 0.3 is 0 Å². The number of carbonyl (C=O) groups is 3. The van der Waals surface area contributed by atoms with Gasteiger partial charge < -0.3 is 24.9 Å². The Bertz CT molecular complexity index is 1510. The first-order chi connectivity index (χ1) is 20.2. The van der Waals surface area contributed by atoms with Crippen LogP contribution in [0.3, 0.4) is 0 Å². The molecule has 2 aliphatic heterocycles. The Morgan fingerprint density at radius 2 is 1.83 bits per heavy atom. The molecule has 42 heavy (non-hydrogen) atoms. The Morgan fingerprint density at radius 3 is 2.52 bits per heavy atom. The van der Waals surface area contributed by atoms with Gasteiger partial charge in [-0.15, -0.1) is 0 Å². The van der Waals surface area contributed by atoms with Crippen LogP contribution in [-0.2, 0) is 33.1 Å². The minimum absolute atomic E-state index is 0.0512. The molecule has 1 fully saturated rings. The van der Waals surface area contributed by atoms with Gasteiger partial charge in [0.1, 0.15) is 0 Å². The standard InChI is InChI=1S/C33H34ClN3O5/c1-23(7-5-12-30(39)35(17-18-38)21-24-8-3-2-4-9-24)33(42)28-20-26(34)13-14-29(28)37(32(33)41)22-25-10-6-11-27(19-25)36-16-15-31(36)40/h2-11,13-14,19-20,23,38,42H,12,15-18,21-22H2,1H3/b7-5+/t23-,33+/m0/s1. The fourth-order valence-electron chi connectivity index (χ4n) is 5.53. The van der Waals surface area contributed by atoms with Gasteiger partial charge in [-0.1, -0.05) is 73.1 Å². The number of benzene rings is 3. The molecule has 2 heterocycles. The molecule has 0 radical (unpaired) electrons. The Kier molecular flexibility index (Phi) is 8.77. The Balaban J connectivity index is 1.33. The fourth-order valence-corrected chi connectivity index (χ4v) is 5.70. The van der Waals surface area contributed by atoms with E-state index in [0.29, 0.717) is 35.8 Å². The highest BCUT2D eigenvalue weighted by Gasteiger charge is 2.52. The van der Waals surface area contributed by atoms with E-state index in [1.807, 2.05) is 54.6 Å². The SMILES string of the molecule is C[C@@H](/C=C/CC(=O)N(CCO)Cc1ccccc1)[C@]1(O)C(=O)N(Cc2cccc(N3CCC3=O)c2)c2ccc(Cl)cc21. The topological polar surface area (TPSA) is 101 Å². The van der Waals surface area contributed by atoms with Crippen LogP contribution in [0.25, 0.3) is 0 Å². The van der Waals surface area contributed by atoms with Crippen molar-refractivity contribution in [2.45, 2.75) is 38.5 Å². The van der Waals surface area contributed by atoms with Crippen molar-refractivity contribution in [3.63, 3.8) is 0 Å². The van der Waals surface area contributed by atoms with Crippen LogP contribution in [-0.4, -0.2) is 52.5 Å². The second kappa shape index (κ2) is 12.5. The molecular weight excluding hydrogens is 554 g/mol. The highest BCUT2D eigenvalue weighted by Crippen LogP contribution is 2.46. The lowest BCUT2D eigenvalue weighted by Gasteiger charge is -2.31. The fraction of sp³-hybridized carbons (Fsp3) is 0.303. The lowest BCUT2D eigenvalue weighted by Crippen LogP contribution is -2.44. The summed E-state index contributed by atoms with van der Waals surface area (Å²) in [5.41, 5.74) is 1.64.